The van der Waals surface area contributed by atoms with Crippen molar-refractivity contribution in [3.05, 3.63) is 0 Å². The topological polar surface area (TPSA) is 48.2 Å². The fourth-order valence-corrected chi connectivity index (χ4v) is 0.144. The number of nitrogens with zero attached hydrogens (tertiary/aromatic N) is 2. The molecule has 0 fully saturated rings. The number of nitriles is 1. The molecule has 0 aliphatic heterocycles. The van der Waals surface area contributed by atoms with Crippen molar-refractivity contribution in [2.24, 2.45) is 4.51 Å². The first-order valence-corrected chi connectivity index (χ1v) is 1.95. The van der Waals surface area contributed by atoms with E-state index < -0.39 is 0 Å². The quantitative estimate of drug-likeness (QED) is 0.219. The van der Waals surface area contributed by atoms with E-state index in [1.807, 2.05) is 0 Å². The van der Waals surface area contributed by atoms with E-state index in [1.54, 1.807) is 13.1 Å². The van der Waals surface area contributed by atoms with E-state index in [4.69, 9.17) is 17.0 Å². The molecule has 0 saturated carbocycles. The van der Waals surface area contributed by atoms with Crippen LogP contribution in [-0.4, -0.2) is 5.84 Å². The Kier molecular flexibility index (Phi) is 3.07. The Balaban J connectivity index is 3.43. The number of hydrogen-bond donors (Lipinski definition) is 1. The van der Waals surface area contributed by atoms with Crippen LogP contribution in [0.2, 0.25) is 0 Å². The number of nitrogens with one attached hydrogen (secondary N) is 1. The smallest absolute Gasteiger partial charge is 0.182 e. The molecular formula is C3H4ClN3. The first-order chi connectivity index (χ1) is 3.31. The van der Waals surface area contributed by atoms with Gasteiger partial charge >= 0.3 is 0 Å². The van der Waals surface area contributed by atoms with Crippen LogP contribution in [0.4, 0.5) is 0 Å². The molecule has 0 unspecified atom stereocenters. The largest absolute Gasteiger partial charge is 0.280 e. The highest BCUT2D eigenvalue weighted by Gasteiger charge is 1.79. The van der Waals surface area contributed by atoms with Gasteiger partial charge in [0.15, 0.2) is 6.19 Å². The summed E-state index contributed by atoms with van der Waals surface area (Å²) in [6.45, 7) is 1.59. The van der Waals surface area contributed by atoms with Crippen LogP contribution in [0.1, 0.15) is 6.92 Å². The van der Waals surface area contributed by atoms with Crippen molar-refractivity contribution in [3.63, 3.8) is 0 Å². The van der Waals surface area contributed by atoms with Crippen LogP contribution in [0.25, 0.3) is 0 Å². The summed E-state index contributed by atoms with van der Waals surface area (Å²) in [5, 5.41) is 10.1. The zero-order valence-electron chi connectivity index (χ0n) is 3.77. The summed E-state index contributed by atoms with van der Waals surface area (Å²) in [6, 6.07) is 0. The third kappa shape index (κ3) is 3.07. The molecular weight excluding hydrogens is 114 g/mol. The summed E-state index contributed by atoms with van der Waals surface area (Å²) in [6.07, 6.45) is 1.65. The highest BCUT2D eigenvalue weighted by molar-refractivity contribution is 6.19. The second-order valence-corrected chi connectivity index (χ2v) is 1.08. The van der Waals surface area contributed by atoms with Crippen LogP contribution in [0.3, 0.4) is 0 Å². The molecule has 0 rings (SSSR count). The van der Waals surface area contributed by atoms with Gasteiger partial charge in [-0.1, -0.05) is 0 Å². The van der Waals surface area contributed by atoms with E-state index in [2.05, 4.69) is 9.83 Å². The molecule has 38 valence electrons. The minimum Gasteiger partial charge on any atom is -0.280 e. The van der Waals surface area contributed by atoms with Crippen LogP contribution in [-0.2, 0) is 0 Å². The minimum atomic E-state index is 0.407. The summed E-state index contributed by atoms with van der Waals surface area (Å²) < 4.78 is 3.13. The number of halogens is 1. The number of amidine groups is 1. The molecule has 4 heteroatoms. The molecule has 0 atom stereocenters. The normalized spacial score (nSPS) is 10.1. The van der Waals surface area contributed by atoms with E-state index in [-0.39, 0.29) is 0 Å². The molecule has 0 spiro atoms. The van der Waals surface area contributed by atoms with Crippen molar-refractivity contribution in [1.82, 2.24) is 5.32 Å². The maximum absolute atomic E-state index is 7.87. The van der Waals surface area contributed by atoms with E-state index in [0.29, 0.717) is 5.84 Å². The summed E-state index contributed by atoms with van der Waals surface area (Å²) in [5.41, 5.74) is 0. The first-order valence-electron chi connectivity index (χ1n) is 1.62. The van der Waals surface area contributed by atoms with E-state index in [9.17, 15) is 0 Å². The summed E-state index contributed by atoms with van der Waals surface area (Å²) in [7, 11) is 0. The van der Waals surface area contributed by atoms with Crippen molar-refractivity contribution in [1.29, 1.82) is 5.26 Å². The minimum absolute atomic E-state index is 0.407. The number of rotatable bonds is 0. The Morgan fingerprint density at radius 1 is 2.00 bits per heavy atom. The van der Waals surface area contributed by atoms with Gasteiger partial charge in [0.25, 0.3) is 0 Å². The van der Waals surface area contributed by atoms with Crippen LogP contribution in [0.15, 0.2) is 4.51 Å². The lowest BCUT2D eigenvalue weighted by molar-refractivity contribution is 1.25. The zero-order valence-corrected chi connectivity index (χ0v) is 4.53. The molecule has 0 heterocycles. The molecule has 0 amide bonds. The van der Waals surface area contributed by atoms with Gasteiger partial charge in [-0.05, 0) is 6.92 Å². The highest BCUT2D eigenvalue weighted by Crippen LogP contribution is 1.74. The summed E-state index contributed by atoms with van der Waals surface area (Å²) in [4.78, 5) is 0. The van der Waals surface area contributed by atoms with Gasteiger partial charge in [-0.25, -0.2) is 0 Å². The summed E-state index contributed by atoms with van der Waals surface area (Å²) >= 11 is 4.91. The number of hydrogen-bond acceptors (Lipinski definition) is 2. The van der Waals surface area contributed by atoms with E-state index >= 15 is 0 Å². The Bertz CT molecular complexity index is 112. The van der Waals surface area contributed by atoms with Crippen molar-refractivity contribution in [3.8, 4) is 6.19 Å². The van der Waals surface area contributed by atoms with Crippen LogP contribution >= 0.6 is 11.8 Å². The lowest BCUT2D eigenvalue weighted by Gasteiger charge is -1.84. The van der Waals surface area contributed by atoms with Crippen LogP contribution < -0.4 is 5.32 Å². The standard InChI is InChI=1S/C3H4ClN3/c1-3(7-4)6-2-5/h1H3,(H,6,7). The Morgan fingerprint density at radius 2 is 2.57 bits per heavy atom. The molecule has 1 N–H and O–H groups in total. The molecule has 0 radical (unpaired) electrons. The van der Waals surface area contributed by atoms with Crippen molar-refractivity contribution < 1.29 is 0 Å². The van der Waals surface area contributed by atoms with Gasteiger partial charge in [-0.15, -0.1) is 0 Å². The molecule has 0 aromatic rings. The average molecular weight is 118 g/mol. The van der Waals surface area contributed by atoms with Crippen molar-refractivity contribution >= 4 is 17.6 Å². The predicted molar refractivity (Wildman–Crippen MR) is 27.7 cm³/mol. The van der Waals surface area contributed by atoms with Gasteiger partial charge in [-0.2, -0.15) is 9.77 Å². The highest BCUT2D eigenvalue weighted by atomic mass is 35.5. The Labute approximate surface area is 46.7 Å². The fraction of sp³-hybridized carbons (Fsp3) is 0.333. The van der Waals surface area contributed by atoms with Gasteiger partial charge in [0.1, 0.15) is 5.84 Å². The SMILES string of the molecule is C/C(=N/Cl)NC#N. The van der Waals surface area contributed by atoms with Crippen LogP contribution in [0, 0.1) is 11.5 Å². The van der Waals surface area contributed by atoms with Gasteiger partial charge in [0, 0.05) is 11.8 Å². The third-order valence-electron chi connectivity index (χ3n) is 0.364. The van der Waals surface area contributed by atoms with E-state index in [1.165, 1.54) is 0 Å². The van der Waals surface area contributed by atoms with Gasteiger partial charge in [-0.3, -0.25) is 5.32 Å². The molecule has 0 aromatic heterocycles. The van der Waals surface area contributed by atoms with Gasteiger partial charge < -0.3 is 0 Å². The molecule has 7 heavy (non-hydrogen) atoms. The summed E-state index contributed by atoms with van der Waals surface area (Å²) in [5.74, 6) is 0.407. The van der Waals surface area contributed by atoms with Crippen LogP contribution in [0.5, 0.6) is 0 Å². The molecule has 0 saturated heterocycles. The average Bonchev–Trinajstić information content (AvgIpc) is 1.68. The second kappa shape index (κ2) is 3.44. The van der Waals surface area contributed by atoms with Crippen molar-refractivity contribution in [2.45, 2.75) is 6.92 Å². The van der Waals surface area contributed by atoms with Gasteiger partial charge in [0.05, 0.1) is 0 Å². The van der Waals surface area contributed by atoms with Gasteiger partial charge in [0.2, 0.25) is 0 Å². The maximum atomic E-state index is 7.87. The molecule has 0 bridgehead atoms. The third-order valence-corrected chi connectivity index (χ3v) is 0.617. The monoisotopic (exact) mass is 117 g/mol. The second-order valence-electron chi connectivity index (χ2n) is 0.907. The lowest BCUT2D eigenvalue weighted by Crippen LogP contribution is -2.11. The predicted octanol–water partition coefficient (Wildman–Crippen LogP) is 0.629. The fourth-order valence-electron chi connectivity index (χ4n) is 0.102. The molecule has 3 nitrogen and oxygen atoms in total. The first kappa shape index (κ1) is 6.25. The van der Waals surface area contributed by atoms with E-state index in [0.717, 1.165) is 0 Å². The molecule has 0 aliphatic rings. The molecule has 0 aliphatic carbocycles. The Hall–Kier alpha value is -0.750. The molecule has 0 aromatic carbocycles. The lowest BCUT2D eigenvalue weighted by atomic mass is 10.7. The maximum Gasteiger partial charge on any atom is 0.182 e. The van der Waals surface area contributed by atoms with Crippen molar-refractivity contribution in [2.75, 3.05) is 0 Å². The zero-order chi connectivity index (χ0) is 5.70. The Morgan fingerprint density at radius 3 is 2.71 bits per heavy atom.